The topological polar surface area (TPSA) is 84.5 Å². The average Bonchev–Trinajstić information content (AvgIpc) is 2.66. The van der Waals surface area contributed by atoms with E-state index in [1.165, 1.54) is 0 Å². The van der Waals surface area contributed by atoms with E-state index >= 15 is 0 Å². The first-order valence-electron chi connectivity index (χ1n) is 8.71. The second kappa shape index (κ2) is 8.26. The lowest BCUT2D eigenvalue weighted by atomic mass is 10.0. The fraction of sp³-hybridized carbons (Fsp3) is 0.556. The predicted octanol–water partition coefficient (Wildman–Crippen LogP) is 1.80. The zero-order valence-electron chi connectivity index (χ0n) is 14.0. The molecule has 0 amide bonds. The number of anilines is 2. The first-order chi connectivity index (χ1) is 11.8. The zero-order chi connectivity index (χ0) is 16.8. The molecule has 1 aromatic heterocycles. The van der Waals surface area contributed by atoms with Crippen molar-refractivity contribution in [3.63, 3.8) is 0 Å². The fourth-order valence-electron chi connectivity index (χ4n) is 3.02. The summed E-state index contributed by atoms with van der Waals surface area (Å²) >= 11 is 0. The zero-order valence-corrected chi connectivity index (χ0v) is 14.0. The average molecular weight is 330 g/mol. The number of aryl methyl sites for hydroxylation is 1. The Hall–Kier alpha value is -1.92. The van der Waals surface area contributed by atoms with E-state index in [-0.39, 0.29) is 12.5 Å². The van der Waals surface area contributed by atoms with Crippen LogP contribution in [0.5, 0.6) is 0 Å². The lowest BCUT2D eigenvalue weighted by Gasteiger charge is -2.27. The van der Waals surface area contributed by atoms with Gasteiger partial charge >= 0.3 is 0 Å². The van der Waals surface area contributed by atoms with Crippen molar-refractivity contribution in [3.8, 4) is 0 Å². The number of aromatic nitrogens is 2. The molecule has 1 aliphatic carbocycles. The van der Waals surface area contributed by atoms with Gasteiger partial charge in [0, 0.05) is 31.2 Å². The molecule has 1 aromatic rings. The molecule has 1 aliphatic heterocycles. The molecule has 1 atom stereocenters. The molecule has 0 bridgehead atoms. The number of morpholine rings is 1. The third kappa shape index (κ3) is 4.13. The molecule has 1 saturated heterocycles. The van der Waals surface area contributed by atoms with Gasteiger partial charge < -0.3 is 20.5 Å². The Kier molecular flexibility index (Phi) is 5.82. The van der Waals surface area contributed by atoms with Crippen molar-refractivity contribution in [1.29, 1.82) is 0 Å². The number of nitrogen functional groups attached to an aromatic ring is 1. The van der Waals surface area contributed by atoms with Crippen molar-refractivity contribution < 1.29 is 9.84 Å². The molecule has 24 heavy (non-hydrogen) atoms. The molecule has 130 valence electrons. The van der Waals surface area contributed by atoms with Gasteiger partial charge in [-0.3, -0.25) is 0 Å². The number of hydrogen-bond donors (Lipinski definition) is 2. The molecular weight excluding hydrogens is 304 g/mol. The number of hydrogen-bond acceptors (Lipinski definition) is 6. The normalized spacial score (nSPS) is 24.7. The molecule has 0 saturated carbocycles. The molecule has 0 spiro atoms. The van der Waals surface area contributed by atoms with Gasteiger partial charge in [-0.05, 0) is 25.7 Å². The highest BCUT2D eigenvalue weighted by Crippen LogP contribution is 2.24. The highest BCUT2D eigenvalue weighted by molar-refractivity contribution is 5.65. The van der Waals surface area contributed by atoms with Crippen LogP contribution in [-0.4, -0.2) is 48.0 Å². The minimum atomic E-state index is 0.102. The van der Waals surface area contributed by atoms with Crippen molar-refractivity contribution >= 4 is 17.8 Å². The Bertz CT molecular complexity index is 609. The summed E-state index contributed by atoms with van der Waals surface area (Å²) in [6.07, 6.45) is 12.1. The number of ether oxygens (including phenoxy) is 1. The first-order valence-corrected chi connectivity index (χ1v) is 8.71. The molecule has 2 aliphatic rings. The van der Waals surface area contributed by atoms with Gasteiger partial charge in [-0.1, -0.05) is 24.3 Å². The summed E-state index contributed by atoms with van der Waals surface area (Å²) in [5.74, 6) is 1.32. The highest BCUT2D eigenvalue weighted by Gasteiger charge is 2.18. The number of rotatable bonds is 2. The Morgan fingerprint density at radius 3 is 2.88 bits per heavy atom. The quantitative estimate of drug-likeness (QED) is 0.805. The summed E-state index contributed by atoms with van der Waals surface area (Å²) in [6.45, 7) is 3.11. The third-order valence-corrected chi connectivity index (χ3v) is 4.50. The SMILES string of the molecule is Nc1nc(N2CCOCC2)nc2c1/C=C/C(CO)C/C=C/CCC2. The Labute approximate surface area is 143 Å². The number of nitrogens with zero attached hydrogens (tertiary/aromatic N) is 3. The van der Waals surface area contributed by atoms with Gasteiger partial charge in [0.25, 0.3) is 0 Å². The molecule has 0 aromatic carbocycles. The third-order valence-electron chi connectivity index (χ3n) is 4.50. The van der Waals surface area contributed by atoms with Gasteiger partial charge in [0.05, 0.1) is 18.9 Å². The van der Waals surface area contributed by atoms with E-state index in [0.717, 1.165) is 50.0 Å². The van der Waals surface area contributed by atoms with E-state index in [1.807, 2.05) is 12.2 Å². The number of aliphatic hydroxyl groups excluding tert-OH is 1. The molecule has 6 heteroatoms. The van der Waals surface area contributed by atoms with Gasteiger partial charge in [0.15, 0.2) is 0 Å². The molecule has 3 N–H and O–H groups in total. The Morgan fingerprint density at radius 1 is 1.25 bits per heavy atom. The number of aliphatic hydroxyl groups is 1. The van der Waals surface area contributed by atoms with Crippen LogP contribution in [-0.2, 0) is 11.2 Å². The van der Waals surface area contributed by atoms with Crippen LogP contribution in [0.25, 0.3) is 6.08 Å². The van der Waals surface area contributed by atoms with Crippen LogP contribution in [0.3, 0.4) is 0 Å². The molecule has 3 rings (SSSR count). The molecule has 0 radical (unpaired) electrons. The standard InChI is InChI=1S/C18H26N4O2/c19-17-15-8-7-14(13-23)5-3-1-2-4-6-16(15)20-18(21-17)22-9-11-24-12-10-22/h1,3,7-8,14,23H,2,4-6,9-13H2,(H2,19,20,21)/b3-1+,8-7+. The van der Waals surface area contributed by atoms with Crippen LogP contribution < -0.4 is 10.6 Å². The van der Waals surface area contributed by atoms with Crippen molar-refractivity contribution in [2.45, 2.75) is 25.7 Å². The minimum Gasteiger partial charge on any atom is -0.396 e. The monoisotopic (exact) mass is 330 g/mol. The van der Waals surface area contributed by atoms with Gasteiger partial charge in [0.1, 0.15) is 5.82 Å². The van der Waals surface area contributed by atoms with Gasteiger partial charge in [-0.25, -0.2) is 4.98 Å². The second-order valence-corrected chi connectivity index (χ2v) is 6.27. The number of allylic oxidation sites excluding steroid dienone is 2. The number of nitrogens with two attached hydrogens (primary N) is 1. The fourth-order valence-corrected chi connectivity index (χ4v) is 3.02. The summed E-state index contributed by atoms with van der Waals surface area (Å²) in [7, 11) is 0. The van der Waals surface area contributed by atoms with E-state index < -0.39 is 0 Å². The minimum absolute atomic E-state index is 0.102. The highest BCUT2D eigenvalue weighted by atomic mass is 16.5. The molecular formula is C18H26N4O2. The van der Waals surface area contributed by atoms with Gasteiger partial charge in [0.2, 0.25) is 5.95 Å². The van der Waals surface area contributed by atoms with Gasteiger partial charge in [-0.2, -0.15) is 4.98 Å². The molecule has 2 heterocycles. The maximum Gasteiger partial charge on any atom is 0.227 e. The summed E-state index contributed by atoms with van der Waals surface area (Å²) in [4.78, 5) is 11.4. The first kappa shape index (κ1) is 16.9. The van der Waals surface area contributed by atoms with Crippen LogP contribution in [0.4, 0.5) is 11.8 Å². The van der Waals surface area contributed by atoms with E-state index in [0.29, 0.717) is 25.0 Å². The Balaban J connectivity index is 1.92. The second-order valence-electron chi connectivity index (χ2n) is 6.27. The van der Waals surface area contributed by atoms with Crippen LogP contribution >= 0.6 is 0 Å². The van der Waals surface area contributed by atoms with Crippen LogP contribution in [0.1, 0.15) is 30.5 Å². The summed E-state index contributed by atoms with van der Waals surface area (Å²) in [6, 6.07) is 0. The van der Waals surface area contributed by atoms with E-state index in [1.54, 1.807) is 0 Å². The predicted molar refractivity (Wildman–Crippen MR) is 95.8 cm³/mol. The van der Waals surface area contributed by atoms with Crippen LogP contribution in [0, 0.1) is 5.92 Å². The van der Waals surface area contributed by atoms with E-state index in [2.05, 4.69) is 22.0 Å². The van der Waals surface area contributed by atoms with Gasteiger partial charge in [-0.15, -0.1) is 0 Å². The Morgan fingerprint density at radius 2 is 2.08 bits per heavy atom. The van der Waals surface area contributed by atoms with Crippen LogP contribution in [0.15, 0.2) is 18.2 Å². The molecule has 1 unspecified atom stereocenters. The van der Waals surface area contributed by atoms with E-state index in [9.17, 15) is 5.11 Å². The summed E-state index contributed by atoms with van der Waals surface area (Å²) in [5, 5.41) is 9.51. The van der Waals surface area contributed by atoms with Crippen molar-refractivity contribution in [2.24, 2.45) is 5.92 Å². The summed E-state index contributed by atoms with van der Waals surface area (Å²) < 4.78 is 5.40. The summed E-state index contributed by atoms with van der Waals surface area (Å²) in [5.41, 5.74) is 8.14. The largest absolute Gasteiger partial charge is 0.396 e. The van der Waals surface area contributed by atoms with Crippen molar-refractivity contribution in [2.75, 3.05) is 43.5 Å². The maximum absolute atomic E-state index is 9.51. The molecule has 6 nitrogen and oxygen atoms in total. The van der Waals surface area contributed by atoms with Crippen molar-refractivity contribution in [3.05, 3.63) is 29.5 Å². The lowest BCUT2D eigenvalue weighted by Crippen LogP contribution is -2.37. The maximum atomic E-state index is 9.51. The van der Waals surface area contributed by atoms with Crippen molar-refractivity contribution in [1.82, 2.24) is 9.97 Å². The van der Waals surface area contributed by atoms with Crippen LogP contribution in [0.2, 0.25) is 0 Å². The molecule has 1 fully saturated rings. The number of fused-ring (bicyclic) bond motifs is 1. The van der Waals surface area contributed by atoms with E-state index in [4.69, 9.17) is 15.5 Å². The lowest BCUT2D eigenvalue weighted by molar-refractivity contribution is 0.122. The smallest absolute Gasteiger partial charge is 0.227 e.